The van der Waals surface area contributed by atoms with Crippen molar-refractivity contribution >= 4 is 17.6 Å². The van der Waals surface area contributed by atoms with Gasteiger partial charge in [-0.1, -0.05) is 36.4 Å². The Labute approximate surface area is 164 Å². The first-order chi connectivity index (χ1) is 13.5. The molecule has 0 saturated heterocycles. The predicted molar refractivity (Wildman–Crippen MR) is 109 cm³/mol. The van der Waals surface area contributed by atoms with Crippen molar-refractivity contribution in [3.8, 4) is 0 Å². The number of ether oxygens (including phenoxy) is 1. The van der Waals surface area contributed by atoms with Crippen molar-refractivity contribution in [3.63, 3.8) is 0 Å². The molecule has 0 radical (unpaired) electrons. The van der Waals surface area contributed by atoms with Crippen LogP contribution in [0.5, 0.6) is 0 Å². The molecule has 0 spiro atoms. The molecule has 0 aliphatic carbocycles. The fourth-order valence-electron chi connectivity index (χ4n) is 3.41. The molecule has 0 bridgehead atoms. The molecule has 1 atom stereocenters. The largest absolute Gasteiger partial charge is 0.454 e. The minimum atomic E-state index is -0.351. The van der Waals surface area contributed by atoms with Crippen LogP contribution in [0.4, 0.5) is 5.69 Å². The normalized spacial score (nSPS) is 15.5. The number of aryl methyl sites for hydroxylation is 2. The zero-order valence-electron chi connectivity index (χ0n) is 15.9. The molecule has 4 rings (SSSR count). The summed E-state index contributed by atoms with van der Waals surface area (Å²) >= 11 is 0. The summed E-state index contributed by atoms with van der Waals surface area (Å²) in [5, 5.41) is 2.93. The van der Waals surface area contributed by atoms with Crippen LogP contribution < -0.4 is 5.32 Å². The Kier molecular flexibility index (Phi) is 4.70. The number of cyclic esters (lactones) is 1. The van der Waals surface area contributed by atoms with E-state index in [9.17, 15) is 9.59 Å². The minimum Gasteiger partial charge on any atom is -0.454 e. The molecule has 1 aliphatic heterocycles. The van der Waals surface area contributed by atoms with Crippen molar-refractivity contribution in [3.05, 3.63) is 100 Å². The quantitative estimate of drug-likeness (QED) is 0.659. The monoisotopic (exact) mass is 371 g/mol. The molecule has 4 heteroatoms. The standard InChI is InChI=1S/C24H21NO3/c1-15-8-10-20(12-16(15)2)25-23(26)18-9-11-21-19(13-18)14-22(28-24(21)27)17-6-4-3-5-7-17/h3-13,22H,14H2,1-2H3,(H,25,26)/t22-/m0/s1. The summed E-state index contributed by atoms with van der Waals surface area (Å²) in [6.07, 6.45) is 0.217. The van der Waals surface area contributed by atoms with Gasteiger partial charge in [0.25, 0.3) is 5.91 Å². The molecule has 3 aromatic carbocycles. The summed E-state index contributed by atoms with van der Waals surface area (Å²) in [7, 11) is 0. The molecule has 0 aromatic heterocycles. The molecule has 1 amide bonds. The molecule has 0 saturated carbocycles. The first-order valence-corrected chi connectivity index (χ1v) is 9.29. The lowest BCUT2D eigenvalue weighted by Gasteiger charge is -2.25. The van der Waals surface area contributed by atoms with Crippen LogP contribution in [0.1, 0.15) is 49.1 Å². The molecule has 0 unspecified atom stereocenters. The van der Waals surface area contributed by atoms with E-state index in [1.54, 1.807) is 18.2 Å². The van der Waals surface area contributed by atoms with Crippen LogP contribution in [0.3, 0.4) is 0 Å². The Bertz CT molecular complexity index is 1060. The summed E-state index contributed by atoms with van der Waals surface area (Å²) < 4.78 is 5.58. The van der Waals surface area contributed by atoms with Gasteiger partial charge in [0.15, 0.2) is 0 Å². The van der Waals surface area contributed by atoms with Crippen molar-refractivity contribution in [2.24, 2.45) is 0 Å². The van der Waals surface area contributed by atoms with E-state index in [4.69, 9.17) is 4.74 Å². The predicted octanol–water partition coefficient (Wildman–Crippen LogP) is 5.01. The highest BCUT2D eigenvalue weighted by atomic mass is 16.5. The van der Waals surface area contributed by atoms with Gasteiger partial charge in [-0.3, -0.25) is 4.79 Å². The molecular weight excluding hydrogens is 350 g/mol. The second-order valence-corrected chi connectivity index (χ2v) is 7.13. The van der Waals surface area contributed by atoms with E-state index in [1.807, 2.05) is 62.4 Å². The number of anilines is 1. The van der Waals surface area contributed by atoms with Gasteiger partial charge in [0.05, 0.1) is 5.56 Å². The molecule has 140 valence electrons. The van der Waals surface area contributed by atoms with Crippen LogP contribution in [0.25, 0.3) is 0 Å². The average Bonchev–Trinajstić information content (AvgIpc) is 2.71. The van der Waals surface area contributed by atoms with E-state index in [-0.39, 0.29) is 18.0 Å². The summed E-state index contributed by atoms with van der Waals surface area (Å²) in [5.41, 5.74) is 5.89. The maximum absolute atomic E-state index is 12.7. The maximum atomic E-state index is 12.7. The lowest BCUT2D eigenvalue weighted by molar-refractivity contribution is 0.0252. The van der Waals surface area contributed by atoms with E-state index in [0.29, 0.717) is 17.5 Å². The van der Waals surface area contributed by atoms with Gasteiger partial charge in [-0.05, 0) is 66.4 Å². The Morgan fingerprint density at radius 3 is 2.50 bits per heavy atom. The third-order valence-electron chi connectivity index (χ3n) is 5.18. The molecular formula is C24H21NO3. The molecule has 1 heterocycles. The number of hydrogen-bond acceptors (Lipinski definition) is 3. The number of hydrogen-bond donors (Lipinski definition) is 1. The van der Waals surface area contributed by atoms with Crippen LogP contribution in [-0.4, -0.2) is 11.9 Å². The van der Waals surface area contributed by atoms with Crippen LogP contribution in [0, 0.1) is 13.8 Å². The van der Waals surface area contributed by atoms with Crippen molar-refractivity contribution in [1.29, 1.82) is 0 Å². The summed E-state index contributed by atoms with van der Waals surface area (Å²) in [6, 6.07) is 20.6. The lowest BCUT2D eigenvalue weighted by Crippen LogP contribution is -2.23. The second-order valence-electron chi connectivity index (χ2n) is 7.13. The summed E-state index contributed by atoms with van der Waals surface area (Å²) in [6.45, 7) is 4.05. The molecule has 1 aliphatic rings. The van der Waals surface area contributed by atoms with Gasteiger partial charge in [0.2, 0.25) is 0 Å². The van der Waals surface area contributed by atoms with Gasteiger partial charge in [-0.25, -0.2) is 4.79 Å². The smallest absolute Gasteiger partial charge is 0.339 e. The number of esters is 1. The topological polar surface area (TPSA) is 55.4 Å². The lowest BCUT2D eigenvalue weighted by atomic mass is 9.93. The number of nitrogens with one attached hydrogen (secondary N) is 1. The van der Waals surface area contributed by atoms with Gasteiger partial charge >= 0.3 is 5.97 Å². The van der Waals surface area contributed by atoms with Gasteiger partial charge in [-0.2, -0.15) is 0 Å². The van der Waals surface area contributed by atoms with Crippen LogP contribution in [0.15, 0.2) is 66.7 Å². The van der Waals surface area contributed by atoms with Crippen LogP contribution in [-0.2, 0) is 11.2 Å². The van der Waals surface area contributed by atoms with E-state index in [1.165, 1.54) is 5.56 Å². The van der Waals surface area contributed by atoms with Gasteiger partial charge in [0.1, 0.15) is 6.10 Å². The van der Waals surface area contributed by atoms with E-state index in [0.717, 1.165) is 22.4 Å². The average molecular weight is 371 g/mol. The van der Waals surface area contributed by atoms with Gasteiger partial charge in [-0.15, -0.1) is 0 Å². The number of benzene rings is 3. The van der Waals surface area contributed by atoms with E-state index >= 15 is 0 Å². The summed E-state index contributed by atoms with van der Waals surface area (Å²) in [5.74, 6) is -0.544. The fraction of sp³-hybridized carbons (Fsp3) is 0.167. The Morgan fingerprint density at radius 1 is 0.964 bits per heavy atom. The van der Waals surface area contributed by atoms with Gasteiger partial charge in [0, 0.05) is 17.7 Å². The van der Waals surface area contributed by atoms with Crippen molar-refractivity contribution < 1.29 is 14.3 Å². The minimum absolute atomic E-state index is 0.193. The molecule has 1 N–H and O–H groups in total. The third kappa shape index (κ3) is 3.54. The highest BCUT2D eigenvalue weighted by Gasteiger charge is 2.28. The zero-order valence-corrected chi connectivity index (χ0v) is 15.9. The Hall–Kier alpha value is -3.40. The number of carbonyl (C=O) groups is 2. The number of rotatable bonds is 3. The Balaban J connectivity index is 1.58. The SMILES string of the molecule is Cc1ccc(NC(=O)c2ccc3c(c2)C[C@@H](c2ccccc2)OC3=O)cc1C. The summed E-state index contributed by atoms with van der Waals surface area (Å²) in [4.78, 5) is 25.1. The third-order valence-corrected chi connectivity index (χ3v) is 5.18. The highest BCUT2D eigenvalue weighted by Crippen LogP contribution is 2.31. The van der Waals surface area contributed by atoms with Crippen LogP contribution in [0.2, 0.25) is 0 Å². The maximum Gasteiger partial charge on any atom is 0.339 e. The van der Waals surface area contributed by atoms with Gasteiger partial charge < -0.3 is 10.1 Å². The zero-order chi connectivity index (χ0) is 19.7. The molecule has 0 fully saturated rings. The van der Waals surface area contributed by atoms with Crippen LogP contribution >= 0.6 is 0 Å². The first kappa shape index (κ1) is 18.0. The Morgan fingerprint density at radius 2 is 1.75 bits per heavy atom. The van der Waals surface area contributed by atoms with E-state index < -0.39 is 0 Å². The van der Waals surface area contributed by atoms with Crippen molar-refractivity contribution in [1.82, 2.24) is 0 Å². The number of amides is 1. The fourth-order valence-corrected chi connectivity index (χ4v) is 3.41. The number of carbonyl (C=O) groups excluding carboxylic acids is 2. The second kappa shape index (κ2) is 7.31. The van der Waals surface area contributed by atoms with Crippen molar-refractivity contribution in [2.75, 3.05) is 5.32 Å². The van der Waals surface area contributed by atoms with E-state index in [2.05, 4.69) is 5.32 Å². The number of fused-ring (bicyclic) bond motifs is 1. The van der Waals surface area contributed by atoms with Crippen molar-refractivity contribution in [2.45, 2.75) is 26.4 Å². The molecule has 4 nitrogen and oxygen atoms in total. The first-order valence-electron chi connectivity index (χ1n) is 9.29. The molecule has 3 aromatic rings. The highest BCUT2D eigenvalue weighted by molar-refractivity contribution is 6.05. The molecule has 28 heavy (non-hydrogen) atoms.